The Morgan fingerprint density at radius 1 is 0.892 bits per heavy atom. The molecule has 0 saturated carbocycles. The number of benzene rings is 4. The fraction of sp³-hybridized carbons (Fsp3) is 0.0690. The summed E-state index contributed by atoms with van der Waals surface area (Å²) in [7, 11) is -3.87. The topological polar surface area (TPSA) is 121 Å². The summed E-state index contributed by atoms with van der Waals surface area (Å²) in [6.07, 6.45) is 0.771. The van der Waals surface area contributed by atoms with Crippen LogP contribution in [-0.2, 0) is 16.4 Å². The summed E-state index contributed by atoms with van der Waals surface area (Å²) in [4.78, 5) is 7.92. The molecule has 0 spiro atoms. The van der Waals surface area contributed by atoms with Crippen molar-refractivity contribution < 1.29 is 13.5 Å². The van der Waals surface area contributed by atoms with Gasteiger partial charge in [0.05, 0.1) is 21.9 Å². The second-order valence-corrected chi connectivity index (χ2v) is 10.2. The molecule has 1 aromatic heterocycles. The van der Waals surface area contributed by atoms with Gasteiger partial charge < -0.3 is 15.8 Å². The molecule has 0 atom stereocenters. The minimum absolute atomic E-state index is 0.0719. The monoisotopic (exact) mass is 510 g/mol. The molecule has 186 valence electrons. The number of hydrogen-bond donors (Lipinski definition) is 4. The number of aliphatic imine (C=N–C) groups is 1. The molecule has 0 aliphatic rings. The maximum absolute atomic E-state index is 13.2. The zero-order chi connectivity index (χ0) is 25.8. The van der Waals surface area contributed by atoms with E-state index in [1.165, 1.54) is 6.07 Å². The van der Waals surface area contributed by atoms with Crippen molar-refractivity contribution in [2.24, 2.45) is 10.7 Å². The van der Waals surface area contributed by atoms with Crippen LogP contribution in [0.4, 0.5) is 11.4 Å². The lowest BCUT2D eigenvalue weighted by molar-refractivity contribution is 0.457. The summed E-state index contributed by atoms with van der Waals surface area (Å²) >= 11 is 0. The van der Waals surface area contributed by atoms with E-state index in [2.05, 4.69) is 9.71 Å². The van der Waals surface area contributed by atoms with Crippen molar-refractivity contribution in [3.63, 3.8) is 0 Å². The second-order valence-electron chi connectivity index (χ2n) is 8.56. The van der Waals surface area contributed by atoms with Crippen molar-refractivity contribution in [1.82, 2.24) is 4.98 Å². The number of nitrogens with one attached hydrogen (secondary N) is 2. The van der Waals surface area contributed by atoms with Gasteiger partial charge in [0.2, 0.25) is 0 Å². The molecule has 37 heavy (non-hydrogen) atoms. The molecular formula is C29H26N4O3S. The molecule has 1 heterocycles. The average Bonchev–Trinajstić information content (AvgIpc) is 3.24. The maximum Gasteiger partial charge on any atom is 0.261 e. The Hall–Kier alpha value is -4.40. The zero-order valence-electron chi connectivity index (χ0n) is 19.9. The molecule has 5 aromatic rings. The van der Waals surface area contributed by atoms with Crippen LogP contribution >= 0.6 is 0 Å². The number of rotatable bonds is 8. The van der Waals surface area contributed by atoms with Gasteiger partial charge in [-0.2, -0.15) is 0 Å². The number of aromatic nitrogens is 1. The summed E-state index contributed by atoms with van der Waals surface area (Å²) in [5.74, 6) is -0.0945. The third-order valence-corrected chi connectivity index (χ3v) is 7.36. The number of hydrogen-bond acceptors (Lipinski definition) is 5. The smallest absolute Gasteiger partial charge is 0.261 e. The van der Waals surface area contributed by atoms with Crippen molar-refractivity contribution in [2.45, 2.75) is 11.3 Å². The maximum atomic E-state index is 13.2. The van der Waals surface area contributed by atoms with Gasteiger partial charge in [0.25, 0.3) is 10.0 Å². The molecule has 0 aliphatic carbocycles. The molecule has 0 fully saturated rings. The largest absolute Gasteiger partial charge is 0.494 e. The predicted molar refractivity (Wildman–Crippen MR) is 148 cm³/mol. The van der Waals surface area contributed by atoms with E-state index in [-0.39, 0.29) is 10.8 Å². The van der Waals surface area contributed by atoms with Gasteiger partial charge >= 0.3 is 0 Å². The van der Waals surface area contributed by atoms with E-state index >= 15 is 0 Å². The summed E-state index contributed by atoms with van der Waals surface area (Å²) in [6, 6.07) is 30.6. The van der Waals surface area contributed by atoms with Gasteiger partial charge in [-0.05, 0) is 61.0 Å². The first-order chi connectivity index (χ1) is 17.9. The van der Waals surface area contributed by atoms with Crippen molar-refractivity contribution >= 4 is 38.0 Å². The molecule has 0 saturated heterocycles. The Bertz CT molecular complexity index is 1660. The Morgan fingerprint density at radius 2 is 1.57 bits per heavy atom. The van der Waals surface area contributed by atoms with Gasteiger partial charge in [-0.15, -0.1) is 0 Å². The van der Waals surface area contributed by atoms with Crippen LogP contribution in [0.1, 0.15) is 16.7 Å². The molecule has 0 amide bonds. The van der Waals surface area contributed by atoms with E-state index in [9.17, 15) is 13.5 Å². The number of H-pyrrole nitrogens is 1. The molecule has 5 rings (SSSR count). The third kappa shape index (κ3) is 5.25. The van der Waals surface area contributed by atoms with Gasteiger partial charge in [-0.25, -0.2) is 13.4 Å². The first-order valence-corrected chi connectivity index (χ1v) is 13.3. The van der Waals surface area contributed by atoms with Crippen molar-refractivity contribution in [3.05, 3.63) is 120 Å². The zero-order valence-corrected chi connectivity index (χ0v) is 20.7. The van der Waals surface area contributed by atoms with E-state index in [4.69, 9.17) is 10.7 Å². The number of aromatic hydroxyl groups is 1. The van der Waals surface area contributed by atoms with E-state index in [1.807, 2.05) is 60.7 Å². The first-order valence-electron chi connectivity index (χ1n) is 11.8. The van der Waals surface area contributed by atoms with Crippen LogP contribution in [0.15, 0.2) is 113 Å². The molecule has 0 aliphatic heterocycles. The summed E-state index contributed by atoms with van der Waals surface area (Å²) in [5.41, 5.74) is 10.2. The van der Waals surface area contributed by atoms with Crippen LogP contribution in [0.3, 0.4) is 0 Å². The fourth-order valence-corrected chi connectivity index (χ4v) is 5.26. The molecule has 0 unspecified atom stereocenters. The average molecular weight is 511 g/mol. The highest BCUT2D eigenvalue weighted by Crippen LogP contribution is 2.33. The molecule has 4 aromatic carbocycles. The van der Waals surface area contributed by atoms with Crippen molar-refractivity contribution in [2.75, 3.05) is 11.3 Å². The lowest BCUT2D eigenvalue weighted by Gasteiger charge is -2.10. The SMILES string of the molecule is NCCc1ccc(N=C(c2ccccc2)c2c(O)[nH]c3ccc(S(=O)(=O)Nc4ccccc4)cc23)cc1. The quantitative estimate of drug-likeness (QED) is 0.210. The number of anilines is 1. The molecule has 0 bridgehead atoms. The third-order valence-electron chi connectivity index (χ3n) is 5.98. The standard InChI is InChI=1S/C29H26N4O3S/c30-18-17-20-11-13-22(14-12-20)31-28(21-7-3-1-4-8-21)27-25-19-24(15-16-26(25)32-29(27)34)37(35,36)33-23-9-5-2-6-10-23/h1-16,19,32-34H,17-18,30H2. The van der Waals surface area contributed by atoms with Gasteiger partial charge in [0, 0.05) is 22.2 Å². The van der Waals surface area contributed by atoms with Gasteiger partial charge in [0.15, 0.2) is 5.88 Å². The second kappa shape index (κ2) is 10.3. The lowest BCUT2D eigenvalue weighted by Crippen LogP contribution is -2.12. The Kier molecular flexibility index (Phi) is 6.76. The summed E-state index contributed by atoms with van der Waals surface area (Å²) in [6.45, 7) is 0.561. The fourth-order valence-electron chi connectivity index (χ4n) is 4.18. The number of aromatic amines is 1. The van der Waals surface area contributed by atoms with Crippen LogP contribution in [0.5, 0.6) is 5.88 Å². The van der Waals surface area contributed by atoms with E-state index in [0.717, 1.165) is 17.5 Å². The van der Waals surface area contributed by atoms with Crippen molar-refractivity contribution in [3.8, 4) is 5.88 Å². The Labute approximate surface area is 215 Å². The highest BCUT2D eigenvalue weighted by atomic mass is 32.2. The van der Waals surface area contributed by atoms with E-state index in [0.29, 0.717) is 40.1 Å². The van der Waals surface area contributed by atoms with E-state index < -0.39 is 10.0 Å². The van der Waals surface area contributed by atoms with Gasteiger partial charge in [-0.3, -0.25) is 4.72 Å². The molecule has 7 nitrogen and oxygen atoms in total. The minimum Gasteiger partial charge on any atom is -0.494 e. The number of fused-ring (bicyclic) bond motifs is 1. The highest BCUT2D eigenvalue weighted by molar-refractivity contribution is 7.92. The van der Waals surface area contributed by atoms with E-state index in [1.54, 1.807) is 36.4 Å². The van der Waals surface area contributed by atoms with Crippen molar-refractivity contribution in [1.29, 1.82) is 0 Å². The Balaban J connectivity index is 1.64. The molecule has 8 heteroatoms. The van der Waals surface area contributed by atoms with Crippen LogP contribution in [0.2, 0.25) is 0 Å². The van der Waals surface area contributed by atoms with Crippen LogP contribution in [0, 0.1) is 0 Å². The molecule has 5 N–H and O–H groups in total. The number of para-hydroxylation sites is 1. The molecule has 0 radical (unpaired) electrons. The van der Waals surface area contributed by atoms with Gasteiger partial charge in [0.1, 0.15) is 0 Å². The summed E-state index contributed by atoms with van der Waals surface area (Å²) in [5, 5.41) is 11.5. The van der Waals surface area contributed by atoms with Crippen LogP contribution in [0.25, 0.3) is 10.9 Å². The predicted octanol–water partition coefficient (Wildman–Crippen LogP) is 5.34. The van der Waals surface area contributed by atoms with Gasteiger partial charge in [-0.1, -0.05) is 60.7 Å². The number of sulfonamides is 1. The first kappa shape index (κ1) is 24.3. The normalized spacial score (nSPS) is 12.1. The number of nitrogens with two attached hydrogens (primary N) is 1. The lowest BCUT2D eigenvalue weighted by atomic mass is 10.0. The Morgan fingerprint density at radius 3 is 2.24 bits per heavy atom. The van der Waals surface area contributed by atoms with Crippen LogP contribution < -0.4 is 10.5 Å². The molecular weight excluding hydrogens is 484 g/mol. The summed E-state index contributed by atoms with van der Waals surface area (Å²) < 4.78 is 28.9. The minimum atomic E-state index is -3.87. The van der Waals surface area contributed by atoms with Crippen LogP contribution in [-0.4, -0.2) is 30.8 Å². The number of nitrogens with zero attached hydrogens (tertiary/aromatic N) is 1. The highest BCUT2D eigenvalue weighted by Gasteiger charge is 2.22.